The molecular weight excluding hydrogens is 196 g/mol. The van der Waals surface area contributed by atoms with Crippen LogP contribution in [0.4, 0.5) is 0 Å². The summed E-state index contributed by atoms with van der Waals surface area (Å²) in [4.78, 5) is 11.5. The monoisotopic (exact) mass is 210 g/mol. The Morgan fingerprint density at radius 1 is 1.50 bits per heavy atom. The smallest absolute Gasteiger partial charge is 0.145 e. The number of furan rings is 1. The summed E-state index contributed by atoms with van der Waals surface area (Å²) in [5, 5.41) is 0.217. The average Bonchev–Trinajstić information content (AvgIpc) is 2.69. The fourth-order valence-electron chi connectivity index (χ4n) is 1.70. The Morgan fingerprint density at radius 2 is 2.43 bits per heavy atom. The predicted molar refractivity (Wildman–Crippen MR) is 57.3 cm³/mol. The molecule has 0 amide bonds. The van der Waals surface area contributed by atoms with Gasteiger partial charge in [-0.1, -0.05) is 6.42 Å². The minimum Gasteiger partial charge on any atom is -0.468 e. The van der Waals surface area contributed by atoms with E-state index in [0.717, 1.165) is 30.8 Å². The van der Waals surface area contributed by atoms with E-state index in [1.54, 1.807) is 18.0 Å². The molecule has 0 aromatic carbocycles. The van der Waals surface area contributed by atoms with Gasteiger partial charge in [-0.25, -0.2) is 0 Å². The predicted octanol–water partition coefficient (Wildman–Crippen LogP) is 3.02. The molecule has 2 rings (SSSR count). The molecule has 0 saturated heterocycles. The zero-order chi connectivity index (χ0) is 9.80. The van der Waals surface area contributed by atoms with E-state index in [0.29, 0.717) is 5.78 Å². The third-order valence-corrected chi connectivity index (χ3v) is 3.86. The van der Waals surface area contributed by atoms with Crippen molar-refractivity contribution in [1.82, 2.24) is 0 Å². The van der Waals surface area contributed by atoms with Crippen LogP contribution in [0.1, 0.15) is 31.4 Å². The second kappa shape index (κ2) is 4.69. The molecule has 1 aromatic heterocycles. The number of Topliss-reactive ketones (excluding diaryl/α,β-unsaturated/α-hetero) is 1. The largest absolute Gasteiger partial charge is 0.468 e. The van der Waals surface area contributed by atoms with Crippen LogP contribution in [0.5, 0.6) is 0 Å². The van der Waals surface area contributed by atoms with Gasteiger partial charge in [-0.05, 0) is 25.0 Å². The highest BCUT2D eigenvalue weighted by atomic mass is 32.2. The van der Waals surface area contributed by atoms with E-state index in [1.165, 1.54) is 6.42 Å². The summed E-state index contributed by atoms with van der Waals surface area (Å²) < 4.78 is 5.23. The Bertz CT molecular complexity index is 292. The molecule has 1 unspecified atom stereocenters. The molecule has 0 radical (unpaired) electrons. The second-order valence-corrected chi connectivity index (χ2v) is 4.78. The molecule has 1 heterocycles. The van der Waals surface area contributed by atoms with E-state index >= 15 is 0 Å². The fourth-order valence-corrected chi connectivity index (χ4v) is 2.87. The Kier molecular flexibility index (Phi) is 3.30. The van der Waals surface area contributed by atoms with Gasteiger partial charge >= 0.3 is 0 Å². The van der Waals surface area contributed by atoms with E-state index in [1.807, 2.05) is 12.1 Å². The van der Waals surface area contributed by atoms with Crippen LogP contribution in [-0.4, -0.2) is 11.0 Å². The van der Waals surface area contributed by atoms with Crippen molar-refractivity contribution in [3.63, 3.8) is 0 Å². The van der Waals surface area contributed by atoms with Crippen molar-refractivity contribution < 1.29 is 9.21 Å². The van der Waals surface area contributed by atoms with E-state index in [4.69, 9.17) is 4.42 Å². The van der Waals surface area contributed by atoms with Crippen LogP contribution < -0.4 is 0 Å². The SMILES string of the molecule is O=C1CCCCC1SCc1ccco1. The lowest BCUT2D eigenvalue weighted by Crippen LogP contribution is -2.21. The number of rotatable bonds is 3. The van der Waals surface area contributed by atoms with Crippen LogP contribution in [0.3, 0.4) is 0 Å². The molecule has 1 aliphatic rings. The van der Waals surface area contributed by atoms with E-state index in [2.05, 4.69) is 0 Å². The number of thioether (sulfide) groups is 1. The normalized spacial score (nSPS) is 22.6. The Labute approximate surface area is 88.1 Å². The van der Waals surface area contributed by atoms with Gasteiger partial charge in [0.1, 0.15) is 11.5 Å². The molecule has 0 spiro atoms. The summed E-state index contributed by atoms with van der Waals surface area (Å²) in [5.74, 6) is 2.21. The van der Waals surface area contributed by atoms with Crippen molar-refractivity contribution in [3.05, 3.63) is 24.2 Å². The molecule has 3 heteroatoms. The Hall–Kier alpha value is -0.700. The molecule has 1 saturated carbocycles. The number of hydrogen-bond donors (Lipinski definition) is 0. The molecule has 1 fully saturated rings. The third kappa shape index (κ3) is 2.41. The molecule has 2 nitrogen and oxygen atoms in total. The zero-order valence-corrected chi connectivity index (χ0v) is 8.89. The number of ketones is 1. The van der Waals surface area contributed by atoms with Gasteiger partial charge in [0.25, 0.3) is 0 Å². The number of carbonyl (C=O) groups is 1. The van der Waals surface area contributed by atoms with E-state index in [-0.39, 0.29) is 5.25 Å². The van der Waals surface area contributed by atoms with Gasteiger partial charge in [0.2, 0.25) is 0 Å². The minimum absolute atomic E-state index is 0.217. The van der Waals surface area contributed by atoms with Gasteiger partial charge in [0, 0.05) is 6.42 Å². The van der Waals surface area contributed by atoms with Crippen molar-refractivity contribution in [2.45, 2.75) is 36.7 Å². The van der Waals surface area contributed by atoms with Crippen LogP contribution in [0.25, 0.3) is 0 Å². The first-order chi connectivity index (χ1) is 6.86. The van der Waals surface area contributed by atoms with Crippen LogP contribution >= 0.6 is 11.8 Å². The molecule has 1 atom stereocenters. The lowest BCUT2D eigenvalue weighted by molar-refractivity contribution is -0.119. The van der Waals surface area contributed by atoms with Crippen LogP contribution in [0.2, 0.25) is 0 Å². The number of carbonyl (C=O) groups excluding carboxylic acids is 1. The summed E-state index contributed by atoms with van der Waals surface area (Å²) in [6.07, 6.45) is 5.77. The summed E-state index contributed by atoms with van der Waals surface area (Å²) in [7, 11) is 0. The first-order valence-corrected chi connectivity index (χ1v) is 6.08. The molecule has 0 aliphatic heterocycles. The van der Waals surface area contributed by atoms with Gasteiger partial charge in [-0.3, -0.25) is 4.79 Å². The molecule has 76 valence electrons. The molecule has 0 bridgehead atoms. The van der Waals surface area contributed by atoms with Crippen molar-refractivity contribution >= 4 is 17.5 Å². The number of hydrogen-bond acceptors (Lipinski definition) is 3. The highest BCUT2D eigenvalue weighted by Gasteiger charge is 2.22. The average molecular weight is 210 g/mol. The van der Waals surface area contributed by atoms with Crippen LogP contribution in [0, 0.1) is 0 Å². The van der Waals surface area contributed by atoms with E-state index in [9.17, 15) is 4.79 Å². The summed E-state index contributed by atoms with van der Waals surface area (Å²) >= 11 is 1.72. The molecule has 0 N–H and O–H groups in total. The quantitative estimate of drug-likeness (QED) is 0.768. The maximum atomic E-state index is 11.5. The van der Waals surface area contributed by atoms with Gasteiger partial charge in [-0.2, -0.15) is 0 Å². The lowest BCUT2D eigenvalue weighted by Gasteiger charge is -2.19. The Morgan fingerprint density at radius 3 is 3.14 bits per heavy atom. The van der Waals surface area contributed by atoms with Crippen LogP contribution in [0.15, 0.2) is 22.8 Å². The molecular formula is C11H14O2S. The highest BCUT2D eigenvalue weighted by Crippen LogP contribution is 2.28. The third-order valence-electron chi connectivity index (χ3n) is 2.51. The maximum absolute atomic E-state index is 11.5. The zero-order valence-electron chi connectivity index (χ0n) is 8.07. The van der Waals surface area contributed by atoms with Crippen molar-refractivity contribution in [1.29, 1.82) is 0 Å². The van der Waals surface area contributed by atoms with Gasteiger partial charge in [0.05, 0.1) is 17.3 Å². The summed E-state index contributed by atoms with van der Waals surface area (Å²) in [6.45, 7) is 0. The first-order valence-electron chi connectivity index (χ1n) is 5.03. The van der Waals surface area contributed by atoms with Crippen molar-refractivity contribution in [2.75, 3.05) is 0 Å². The van der Waals surface area contributed by atoms with Crippen LogP contribution in [-0.2, 0) is 10.5 Å². The minimum atomic E-state index is 0.217. The topological polar surface area (TPSA) is 30.2 Å². The second-order valence-electron chi connectivity index (χ2n) is 3.59. The van der Waals surface area contributed by atoms with Gasteiger partial charge in [0.15, 0.2) is 0 Å². The molecule has 1 aliphatic carbocycles. The molecule has 14 heavy (non-hydrogen) atoms. The molecule has 1 aromatic rings. The highest BCUT2D eigenvalue weighted by molar-refractivity contribution is 7.99. The van der Waals surface area contributed by atoms with Crippen molar-refractivity contribution in [3.8, 4) is 0 Å². The summed E-state index contributed by atoms with van der Waals surface area (Å²) in [6, 6.07) is 3.85. The van der Waals surface area contributed by atoms with Gasteiger partial charge < -0.3 is 4.42 Å². The Balaban J connectivity index is 1.82. The summed E-state index contributed by atoms with van der Waals surface area (Å²) in [5.41, 5.74) is 0. The lowest BCUT2D eigenvalue weighted by atomic mass is 9.99. The first kappa shape index (κ1) is 9.84. The fraction of sp³-hybridized carbons (Fsp3) is 0.545. The van der Waals surface area contributed by atoms with Crippen molar-refractivity contribution in [2.24, 2.45) is 0 Å². The van der Waals surface area contributed by atoms with E-state index < -0.39 is 0 Å². The van der Waals surface area contributed by atoms with Gasteiger partial charge in [-0.15, -0.1) is 11.8 Å². The standard InChI is InChI=1S/C11H14O2S/c12-10-5-1-2-6-11(10)14-8-9-4-3-7-13-9/h3-4,7,11H,1-2,5-6,8H2. The maximum Gasteiger partial charge on any atom is 0.145 e.